The second-order valence-electron chi connectivity index (χ2n) is 8.33. The number of thiazole rings is 1. The zero-order chi connectivity index (χ0) is 30.8. The highest BCUT2D eigenvalue weighted by atomic mass is 32.1. The van der Waals surface area contributed by atoms with Gasteiger partial charge in [0.05, 0.1) is 31.7 Å². The molecule has 0 spiro atoms. The van der Waals surface area contributed by atoms with Gasteiger partial charge in [0.1, 0.15) is 5.75 Å². The smallest absolute Gasteiger partial charge is 0.478 e. The summed E-state index contributed by atoms with van der Waals surface area (Å²) < 4.78 is 56.1. The normalized spacial score (nSPS) is 11.1. The number of halogens is 4. The molecule has 5 rings (SSSR count). The number of amides is 1. The molecule has 17 heteroatoms. The number of alkyl halides is 3. The van der Waals surface area contributed by atoms with Gasteiger partial charge >= 0.3 is 18.0 Å². The summed E-state index contributed by atoms with van der Waals surface area (Å²) in [5, 5.41) is 24.7. The maximum atomic E-state index is 12.6. The maximum absolute atomic E-state index is 12.6. The summed E-state index contributed by atoms with van der Waals surface area (Å²) in [6.45, 7) is 0. The average molecular weight is 607 g/mol. The molecule has 2 aromatic heterocycles. The first-order chi connectivity index (χ1) is 19.8. The van der Waals surface area contributed by atoms with Crippen LogP contribution in [0.4, 0.5) is 34.3 Å². The van der Waals surface area contributed by atoms with E-state index in [1.807, 2.05) is 0 Å². The predicted octanol–water partition coefficient (Wildman–Crippen LogP) is 5.62. The quantitative estimate of drug-likeness (QED) is 0.127. The fourth-order valence-electron chi connectivity index (χ4n) is 3.63. The number of nitrogens with zero attached hydrogens (tertiary/aromatic N) is 4. The van der Waals surface area contributed by atoms with Crippen LogP contribution in [0.2, 0.25) is 0 Å². The molecule has 0 aliphatic heterocycles. The van der Waals surface area contributed by atoms with Crippen LogP contribution in [0, 0.1) is 15.9 Å². The van der Waals surface area contributed by atoms with Gasteiger partial charge in [-0.1, -0.05) is 11.3 Å². The first-order valence-corrected chi connectivity index (χ1v) is 12.4. The number of benzene rings is 3. The molecule has 0 fully saturated rings. The Hall–Kier alpha value is -5.32. The largest absolute Gasteiger partial charge is 0.573 e. The molecule has 0 saturated carbocycles. The van der Waals surface area contributed by atoms with E-state index in [-0.39, 0.29) is 17.2 Å². The minimum Gasteiger partial charge on any atom is -0.478 e. The number of carbonyl (C=O) groups excluding carboxylic acids is 1. The molecule has 218 valence electrons. The van der Waals surface area contributed by atoms with Gasteiger partial charge in [-0.3, -0.25) is 14.9 Å². The molecule has 0 saturated heterocycles. The number of carboxylic acids is 1. The number of hydrogen-bond donors (Lipinski definition) is 3. The Morgan fingerprint density at radius 1 is 1.05 bits per heavy atom. The number of fused-ring (bicyclic) bond motifs is 2. The van der Waals surface area contributed by atoms with E-state index in [0.717, 1.165) is 17.6 Å². The van der Waals surface area contributed by atoms with Crippen molar-refractivity contribution in [1.82, 2.24) is 19.9 Å². The number of imidazole rings is 1. The van der Waals surface area contributed by atoms with Crippen LogP contribution >= 0.6 is 11.3 Å². The van der Waals surface area contributed by atoms with E-state index in [1.165, 1.54) is 29.5 Å². The van der Waals surface area contributed by atoms with E-state index < -0.39 is 28.8 Å². The summed E-state index contributed by atoms with van der Waals surface area (Å²) in [4.78, 5) is 40.2. The predicted molar refractivity (Wildman–Crippen MR) is 144 cm³/mol. The molecule has 0 atom stereocenters. The van der Waals surface area contributed by atoms with Gasteiger partial charge in [0.15, 0.2) is 5.13 Å². The SMILES string of the molecule is CNC(=O)c1ccc2c(c1)nc(Nc1nc3ccc(OC(F)(F)F)cc3s1)n2C.O=C(O)c1ccc(F)c([N+](=O)[O-])c1. The van der Waals surface area contributed by atoms with Gasteiger partial charge in [0.2, 0.25) is 11.8 Å². The molecule has 0 unspecified atom stereocenters. The lowest BCUT2D eigenvalue weighted by Crippen LogP contribution is -2.17. The molecular formula is C25H18F4N6O6S. The zero-order valence-corrected chi connectivity index (χ0v) is 22.2. The third-order valence-electron chi connectivity index (χ3n) is 5.57. The van der Waals surface area contributed by atoms with Crippen molar-refractivity contribution in [1.29, 1.82) is 0 Å². The van der Waals surface area contributed by atoms with Gasteiger partial charge in [0.25, 0.3) is 5.91 Å². The number of rotatable bonds is 6. The van der Waals surface area contributed by atoms with Crippen LogP contribution in [-0.2, 0) is 7.05 Å². The monoisotopic (exact) mass is 606 g/mol. The number of ether oxygens (including phenoxy) is 1. The number of nitro groups is 1. The number of hydrogen-bond acceptors (Lipinski definition) is 9. The highest BCUT2D eigenvalue weighted by Crippen LogP contribution is 2.33. The topological polar surface area (TPSA) is 162 Å². The molecule has 0 radical (unpaired) electrons. The van der Waals surface area contributed by atoms with Crippen molar-refractivity contribution in [2.45, 2.75) is 6.36 Å². The van der Waals surface area contributed by atoms with Crippen LogP contribution < -0.4 is 15.4 Å². The number of aromatic carboxylic acids is 1. The third kappa shape index (κ3) is 6.69. The molecule has 3 N–H and O–H groups in total. The van der Waals surface area contributed by atoms with Crippen molar-refractivity contribution >= 4 is 61.2 Å². The van der Waals surface area contributed by atoms with Crippen LogP contribution in [0.15, 0.2) is 54.6 Å². The second-order valence-corrected chi connectivity index (χ2v) is 9.36. The van der Waals surface area contributed by atoms with Crippen molar-refractivity contribution < 1.29 is 41.9 Å². The Morgan fingerprint density at radius 2 is 1.76 bits per heavy atom. The van der Waals surface area contributed by atoms with E-state index in [9.17, 15) is 37.3 Å². The van der Waals surface area contributed by atoms with Crippen LogP contribution in [0.1, 0.15) is 20.7 Å². The highest BCUT2D eigenvalue weighted by Gasteiger charge is 2.31. The summed E-state index contributed by atoms with van der Waals surface area (Å²) in [5.41, 5.74) is 1.31. The number of carbonyl (C=O) groups is 2. The molecule has 12 nitrogen and oxygen atoms in total. The van der Waals surface area contributed by atoms with Gasteiger partial charge in [-0.15, -0.1) is 13.2 Å². The third-order valence-corrected chi connectivity index (χ3v) is 6.51. The summed E-state index contributed by atoms with van der Waals surface area (Å²) in [5.74, 6) is -2.40. The van der Waals surface area contributed by atoms with Gasteiger partial charge in [-0.25, -0.2) is 14.8 Å². The van der Waals surface area contributed by atoms with Crippen LogP contribution in [0.5, 0.6) is 5.75 Å². The van der Waals surface area contributed by atoms with Gasteiger partial charge in [0, 0.05) is 31.8 Å². The first-order valence-electron chi connectivity index (χ1n) is 11.5. The number of carboxylic acid groups (broad SMARTS) is 1. The van der Waals surface area contributed by atoms with E-state index in [1.54, 1.807) is 36.9 Å². The van der Waals surface area contributed by atoms with E-state index in [2.05, 4.69) is 25.3 Å². The Labute approximate surface area is 236 Å². The lowest BCUT2D eigenvalue weighted by atomic mass is 10.2. The lowest BCUT2D eigenvalue weighted by Gasteiger charge is -2.07. The van der Waals surface area contributed by atoms with E-state index in [4.69, 9.17) is 5.11 Å². The highest BCUT2D eigenvalue weighted by molar-refractivity contribution is 7.22. The summed E-state index contributed by atoms with van der Waals surface area (Å²) in [6.07, 6.45) is -4.75. The molecule has 3 aromatic carbocycles. The van der Waals surface area contributed by atoms with Crippen molar-refractivity contribution in [2.24, 2.45) is 7.05 Å². The molecule has 0 bridgehead atoms. The minimum absolute atomic E-state index is 0.213. The molecule has 1 amide bonds. The van der Waals surface area contributed by atoms with Gasteiger partial charge in [-0.05, 0) is 42.5 Å². The van der Waals surface area contributed by atoms with E-state index in [0.29, 0.717) is 38.4 Å². The first kappa shape index (κ1) is 29.7. The van der Waals surface area contributed by atoms with Crippen LogP contribution in [0.3, 0.4) is 0 Å². The van der Waals surface area contributed by atoms with Crippen LogP contribution in [0.25, 0.3) is 21.3 Å². The summed E-state index contributed by atoms with van der Waals surface area (Å²) in [7, 11) is 3.36. The summed E-state index contributed by atoms with van der Waals surface area (Å²) >= 11 is 1.18. The lowest BCUT2D eigenvalue weighted by molar-refractivity contribution is -0.387. The van der Waals surface area contributed by atoms with Crippen molar-refractivity contribution in [2.75, 3.05) is 12.4 Å². The number of aromatic nitrogens is 3. The molecule has 0 aliphatic rings. The number of nitro benzene ring substituents is 1. The molecule has 5 aromatic rings. The molecule has 42 heavy (non-hydrogen) atoms. The van der Waals surface area contributed by atoms with Gasteiger partial charge < -0.3 is 25.0 Å². The van der Waals surface area contributed by atoms with Crippen molar-refractivity contribution in [3.05, 3.63) is 81.7 Å². The minimum atomic E-state index is -4.75. The summed E-state index contributed by atoms with van der Waals surface area (Å²) in [6, 6.07) is 11.5. The Balaban J connectivity index is 0.000000262. The molecule has 0 aliphatic carbocycles. The van der Waals surface area contributed by atoms with E-state index >= 15 is 0 Å². The van der Waals surface area contributed by atoms with Crippen molar-refractivity contribution in [3.8, 4) is 5.75 Å². The van der Waals surface area contributed by atoms with Crippen LogP contribution in [-0.4, -0.2) is 49.9 Å². The number of aryl methyl sites for hydroxylation is 1. The molecule has 2 heterocycles. The standard InChI is InChI=1S/C18H14F3N5O2S.C7H4FNO4/c1-22-15(27)9-3-6-13-12(7-9)23-16(26(13)2)25-17-24-11-5-4-10(8-14(11)29-17)28-18(19,20)21;8-5-2-1-4(7(10)11)3-6(5)9(12)13/h3-8H,1-2H3,(H,22,27)(H,23,24,25);1-3H,(H,10,11). The Morgan fingerprint density at radius 3 is 2.40 bits per heavy atom. The number of anilines is 2. The Bertz CT molecular complexity index is 1840. The fraction of sp³-hybridized carbons (Fsp3) is 0.120. The second kappa shape index (κ2) is 11.7. The Kier molecular flexibility index (Phi) is 8.23. The fourth-order valence-corrected chi connectivity index (χ4v) is 4.52. The molecular weight excluding hydrogens is 588 g/mol. The maximum Gasteiger partial charge on any atom is 0.573 e. The average Bonchev–Trinajstić information content (AvgIpc) is 3.46. The van der Waals surface area contributed by atoms with Gasteiger partial charge in [-0.2, -0.15) is 4.39 Å². The van der Waals surface area contributed by atoms with Crippen molar-refractivity contribution in [3.63, 3.8) is 0 Å². The zero-order valence-electron chi connectivity index (χ0n) is 21.4. The number of nitrogens with one attached hydrogen (secondary N) is 2.